The van der Waals surface area contributed by atoms with Crippen LogP contribution in [-0.4, -0.2) is 33.6 Å². The van der Waals surface area contributed by atoms with Crippen LogP contribution in [0, 0.1) is 6.92 Å². The van der Waals surface area contributed by atoms with Crippen LogP contribution in [-0.2, 0) is 14.8 Å². The van der Waals surface area contributed by atoms with Gasteiger partial charge in [-0.3, -0.25) is 4.79 Å². The Kier molecular flexibility index (Phi) is 4.36. The number of nitrogens with one attached hydrogen (secondary N) is 1. The van der Waals surface area contributed by atoms with Crippen molar-refractivity contribution in [3.8, 4) is 0 Å². The van der Waals surface area contributed by atoms with E-state index < -0.39 is 10.0 Å². The number of benzene rings is 1. The highest BCUT2D eigenvalue weighted by molar-refractivity contribution is 7.89. The van der Waals surface area contributed by atoms with E-state index in [1.54, 1.807) is 20.1 Å². The van der Waals surface area contributed by atoms with Crippen molar-refractivity contribution in [2.75, 3.05) is 13.7 Å². The molecule has 1 amide bonds. The summed E-state index contributed by atoms with van der Waals surface area (Å²) in [5.74, 6) is -0.327. The first-order valence-corrected chi connectivity index (χ1v) is 8.28. The number of carbonyl (C=O) groups is 1. The molecule has 2 rings (SSSR count). The molecule has 0 aromatic heterocycles. The quantitative estimate of drug-likeness (QED) is 0.845. The summed E-state index contributed by atoms with van der Waals surface area (Å²) in [6.07, 6.45) is 2.92. The first kappa shape index (κ1) is 15.9. The third kappa shape index (κ3) is 3.61. The molecule has 0 spiro atoms. The summed E-state index contributed by atoms with van der Waals surface area (Å²) in [7, 11) is -2.19. The lowest BCUT2D eigenvalue weighted by atomic mass is 9.80. The Morgan fingerprint density at radius 3 is 2.52 bits per heavy atom. The molecule has 7 heteroatoms. The molecule has 1 aliphatic rings. The Labute approximate surface area is 124 Å². The van der Waals surface area contributed by atoms with Crippen molar-refractivity contribution < 1.29 is 17.9 Å². The highest BCUT2D eigenvalue weighted by atomic mass is 32.2. The van der Waals surface area contributed by atoms with E-state index in [1.807, 2.05) is 0 Å². The minimum atomic E-state index is -3.83. The van der Waals surface area contributed by atoms with E-state index >= 15 is 0 Å². The molecular formula is C14H20N2O4S. The van der Waals surface area contributed by atoms with Crippen LogP contribution in [0.1, 0.15) is 35.2 Å². The van der Waals surface area contributed by atoms with Gasteiger partial charge in [0.05, 0.1) is 10.5 Å². The van der Waals surface area contributed by atoms with Gasteiger partial charge in [-0.25, -0.2) is 13.6 Å². The van der Waals surface area contributed by atoms with Gasteiger partial charge >= 0.3 is 0 Å². The van der Waals surface area contributed by atoms with Crippen LogP contribution in [0.3, 0.4) is 0 Å². The zero-order valence-corrected chi connectivity index (χ0v) is 13.0. The molecule has 0 saturated heterocycles. The fraction of sp³-hybridized carbons (Fsp3) is 0.500. The zero-order valence-electron chi connectivity index (χ0n) is 12.2. The maximum atomic E-state index is 12.2. The molecule has 0 atom stereocenters. The Morgan fingerprint density at radius 2 is 2.05 bits per heavy atom. The summed E-state index contributed by atoms with van der Waals surface area (Å²) in [5.41, 5.74) is 0.670. The minimum absolute atomic E-state index is 0.0576. The van der Waals surface area contributed by atoms with E-state index in [4.69, 9.17) is 9.88 Å². The van der Waals surface area contributed by atoms with Crippen LogP contribution >= 0.6 is 0 Å². The van der Waals surface area contributed by atoms with E-state index in [0.29, 0.717) is 12.1 Å². The van der Waals surface area contributed by atoms with Gasteiger partial charge in [-0.1, -0.05) is 0 Å². The van der Waals surface area contributed by atoms with Gasteiger partial charge in [-0.2, -0.15) is 0 Å². The van der Waals surface area contributed by atoms with Crippen molar-refractivity contribution >= 4 is 15.9 Å². The van der Waals surface area contributed by atoms with Crippen LogP contribution in [0.4, 0.5) is 0 Å². The topological polar surface area (TPSA) is 98.5 Å². The number of nitrogens with two attached hydrogens (primary N) is 1. The average Bonchev–Trinajstić information content (AvgIpc) is 2.36. The number of amides is 1. The Morgan fingerprint density at radius 1 is 1.38 bits per heavy atom. The maximum absolute atomic E-state index is 12.2. The van der Waals surface area contributed by atoms with Gasteiger partial charge in [-0.05, 0) is 49.9 Å². The summed E-state index contributed by atoms with van der Waals surface area (Å²) in [6, 6.07) is 4.36. The lowest BCUT2D eigenvalue weighted by Gasteiger charge is -2.40. The van der Waals surface area contributed by atoms with E-state index in [2.05, 4.69) is 5.32 Å². The number of carbonyl (C=O) groups excluding carboxylic acids is 1. The fourth-order valence-corrected chi connectivity index (χ4v) is 3.05. The number of hydrogen-bond donors (Lipinski definition) is 2. The SMILES string of the molecule is COC1(CNC(=O)c2cc(C)cc(S(N)(=O)=O)c2)CCC1. The van der Waals surface area contributed by atoms with Crippen LogP contribution in [0.5, 0.6) is 0 Å². The lowest BCUT2D eigenvalue weighted by Crippen LogP contribution is -2.49. The summed E-state index contributed by atoms with van der Waals surface area (Å²) in [6.45, 7) is 2.13. The van der Waals surface area contributed by atoms with Gasteiger partial charge in [0.15, 0.2) is 0 Å². The van der Waals surface area contributed by atoms with Gasteiger partial charge in [0.25, 0.3) is 5.91 Å². The number of rotatable bonds is 5. The molecule has 0 heterocycles. The predicted octanol–water partition coefficient (Wildman–Crippen LogP) is 0.941. The maximum Gasteiger partial charge on any atom is 0.251 e. The van der Waals surface area contributed by atoms with Gasteiger partial charge in [0.2, 0.25) is 10.0 Å². The third-order valence-electron chi connectivity index (χ3n) is 3.91. The number of aryl methyl sites for hydroxylation is 1. The smallest absolute Gasteiger partial charge is 0.251 e. The molecule has 116 valence electrons. The number of hydrogen-bond acceptors (Lipinski definition) is 4. The van der Waals surface area contributed by atoms with Crippen molar-refractivity contribution in [1.82, 2.24) is 5.32 Å². The summed E-state index contributed by atoms with van der Waals surface area (Å²) in [4.78, 5) is 12.1. The summed E-state index contributed by atoms with van der Waals surface area (Å²) >= 11 is 0. The van der Waals surface area contributed by atoms with Crippen molar-refractivity contribution in [2.24, 2.45) is 5.14 Å². The summed E-state index contributed by atoms with van der Waals surface area (Å²) in [5, 5.41) is 7.91. The van der Waals surface area contributed by atoms with Crippen LogP contribution in [0.15, 0.2) is 23.1 Å². The summed E-state index contributed by atoms with van der Waals surface area (Å²) < 4.78 is 28.2. The van der Waals surface area contributed by atoms with Crippen molar-refractivity contribution in [1.29, 1.82) is 0 Å². The average molecular weight is 312 g/mol. The second-order valence-electron chi connectivity index (χ2n) is 5.50. The molecule has 21 heavy (non-hydrogen) atoms. The van der Waals surface area contributed by atoms with E-state index in [-0.39, 0.29) is 22.0 Å². The van der Waals surface area contributed by atoms with Gasteiger partial charge in [0, 0.05) is 19.2 Å². The highest BCUT2D eigenvalue weighted by Crippen LogP contribution is 2.34. The number of sulfonamides is 1. The number of methoxy groups -OCH3 is 1. The zero-order chi connectivity index (χ0) is 15.7. The van der Waals surface area contributed by atoms with Gasteiger partial charge < -0.3 is 10.1 Å². The fourth-order valence-electron chi connectivity index (χ4n) is 2.41. The van der Waals surface area contributed by atoms with Crippen molar-refractivity contribution in [3.63, 3.8) is 0 Å². The Bertz CT molecular complexity index is 645. The molecule has 0 unspecified atom stereocenters. The van der Waals surface area contributed by atoms with Gasteiger partial charge in [-0.15, -0.1) is 0 Å². The van der Waals surface area contributed by atoms with Crippen LogP contribution in [0.25, 0.3) is 0 Å². The molecule has 6 nitrogen and oxygen atoms in total. The Balaban J connectivity index is 2.14. The van der Waals surface area contributed by atoms with Crippen molar-refractivity contribution in [2.45, 2.75) is 36.7 Å². The third-order valence-corrected chi connectivity index (χ3v) is 4.80. The lowest BCUT2D eigenvalue weighted by molar-refractivity contribution is -0.0679. The molecule has 1 aliphatic carbocycles. The molecular weight excluding hydrogens is 292 g/mol. The normalized spacial score (nSPS) is 17.1. The molecule has 1 aromatic rings. The van der Waals surface area contributed by atoms with E-state index in [9.17, 15) is 13.2 Å². The molecule has 1 fully saturated rings. The number of primary sulfonamides is 1. The molecule has 3 N–H and O–H groups in total. The number of ether oxygens (including phenoxy) is 1. The second kappa shape index (κ2) is 5.75. The molecule has 0 bridgehead atoms. The molecule has 0 radical (unpaired) electrons. The van der Waals surface area contributed by atoms with E-state index in [0.717, 1.165) is 19.3 Å². The first-order valence-electron chi connectivity index (χ1n) is 6.74. The second-order valence-corrected chi connectivity index (χ2v) is 7.06. The molecule has 1 saturated carbocycles. The van der Waals surface area contributed by atoms with E-state index in [1.165, 1.54) is 12.1 Å². The van der Waals surface area contributed by atoms with Gasteiger partial charge in [0.1, 0.15) is 0 Å². The largest absolute Gasteiger partial charge is 0.376 e. The highest BCUT2D eigenvalue weighted by Gasteiger charge is 2.37. The standard InChI is InChI=1S/C14H20N2O4S/c1-10-6-11(8-12(7-10)21(15,18)19)13(17)16-9-14(20-2)4-3-5-14/h6-8H,3-5,9H2,1-2H3,(H,16,17)(H2,15,18,19). The first-order chi connectivity index (χ1) is 9.76. The van der Waals surface area contributed by atoms with Crippen LogP contribution in [0.2, 0.25) is 0 Å². The monoisotopic (exact) mass is 312 g/mol. The predicted molar refractivity (Wildman–Crippen MR) is 78.5 cm³/mol. The molecule has 0 aliphatic heterocycles. The van der Waals surface area contributed by atoms with Crippen molar-refractivity contribution in [3.05, 3.63) is 29.3 Å². The minimum Gasteiger partial charge on any atom is -0.376 e. The molecule has 1 aromatic carbocycles. The Hall–Kier alpha value is -1.44. The van der Waals surface area contributed by atoms with Crippen LogP contribution < -0.4 is 10.5 Å².